The Bertz CT molecular complexity index is 879. The molecule has 1 aliphatic carbocycles. The fourth-order valence-electron chi connectivity index (χ4n) is 4.26. The van der Waals surface area contributed by atoms with Gasteiger partial charge in [0.1, 0.15) is 5.82 Å². The number of benzene rings is 2. The Morgan fingerprint density at radius 1 is 1.04 bits per heavy atom. The average molecular weight is 345 g/mol. The summed E-state index contributed by atoms with van der Waals surface area (Å²) >= 11 is 0. The van der Waals surface area contributed by atoms with Crippen molar-refractivity contribution in [2.75, 3.05) is 0 Å². The predicted molar refractivity (Wildman–Crippen MR) is 88.6 cm³/mol. The van der Waals surface area contributed by atoms with Crippen molar-refractivity contribution in [1.82, 2.24) is 5.32 Å². The monoisotopic (exact) mass is 345 g/mol. The molecule has 0 spiro atoms. The molecule has 2 aromatic carbocycles. The maximum Gasteiger partial charge on any atom is 0.220 e. The van der Waals surface area contributed by atoms with Crippen LogP contribution in [0.15, 0.2) is 30.3 Å². The highest BCUT2D eigenvalue weighted by atomic mass is 19.2. The molecule has 130 valence electrons. The summed E-state index contributed by atoms with van der Waals surface area (Å²) in [7, 11) is 0. The van der Waals surface area contributed by atoms with Crippen molar-refractivity contribution in [2.45, 2.75) is 44.1 Å². The van der Waals surface area contributed by atoms with E-state index < -0.39 is 17.5 Å². The Balaban J connectivity index is 1.77. The summed E-state index contributed by atoms with van der Waals surface area (Å²) in [5.41, 5.74) is 2.68. The van der Waals surface area contributed by atoms with Crippen molar-refractivity contribution < 1.29 is 18.0 Å². The molecular weight excluding hydrogens is 327 g/mol. The zero-order chi connectivity index (χ0) is 17.8. The van der Waals surface area contributed by atoms with E-state index >= 15 is 0 Å². The molecule has 2 atom stereocenters. The lowest BCUT2D eigenvalue weighted by molar-refractivity contribution is -0.125. The van der Waals surface area contributed by atoms with Crippen LogP contribution in [-0.2, 0) is 16.6 Å². The van der Waals surface area contributed by atoms with E-state index in [9.17, 15) is 18.0 Å². The van der Waals surface area contributed by atoms with Crippen molar-refractivity contribution in [1.29, 1.82) is 0 Å². The molecule has 2 nitrogen and oxygen atoms in total. The van der Waals surface area contributed by atoms with Gasteiger partial charge in [-0.3, -0.25) is 4.79 Å². The van der Waals surface area contributed by atoms with Gasteiger partial charge in [0.2, 0.25) is 5.91 Å². The molecule has 4 rings (SSSR count). The van der Waals surface area contributed by atoms with Crippen LogP contribution in [-0.4, -0.2) is 11.9 Å². The Morgan fingerprint density at radius 2 is 1.80 bits per heavy atom. The first-order valence-corrected chi connectivity index (χ1v) is 8.46. The van der Waals surface area contributed by atoms with Gasteiger partial charge in [0.15, 0.2) is 11.6 Å². The van der Waals surface area contributed by atoms with Crippen LogP contribution in [0.1, 0.15) is 37.3 Å². The van der Waals surface area contributed by atoms with Crippen LogP contribution in [0.4, 0.5) is 13.2 Å². The maximum atomic E-state index is 14.1. The lowest BCUT2D eigenvalue weighted by Crippen LogP contribution is -2.55. The van der Waals surface area contributed by atoms with Gasteiger partial charge >= 0.3 is 0 Å². The van der Waals surface area contributed by atoms with Crippen LogP contribution in [0, 0.1) is 17.5 Å². The van der Waals surface area contributed by atoms with Gasteiger partial charge in [0, 0.05) is 29.5 Å². The second-order valence-corrected chi connectivity index (χ2v) is 7.19. The SMILES string of the molecule is C[C@]12CCC(=O)N[C@@H]1CCc1cc(-c3cc(F)c(F)cc3F)ccc12. The standard InChI is InChI=1S/C20H18F3NO/c1-20-7-6-19(25)24-18(20)5-3-12-8-11(2-4-14(12)20)13-9-16(22)17(23)10-15(13)21/h2,4,8-10,18H,3,5-7H2,1H3,(H,24,25)/t18-,20-/m1/s1. The molecule has 2 aliphatic rings. The molecule has 0 bridgehead atoms. The average Bonchev–Trinajstić information content (AvgIpc) is 2.58. The first kappa shape index (κ1) is 16.2. The third kappa shape index (κ3) is 2.53. The Morgan fingerprint density at radius 3 is 2.60 bits per heavy atom. The van der Waals surface area contributed by atoms with E-state index in [0.717, 1.165) is 36.5 Å². The Hall–Kier alpha value is -2.30. The van der Waals surface area contributed by atoms with E-state index in [2.05, 4.69) is 12.2 Å². The van der Waals surface area contributed by atoms with Crippen molar-refractivity contribution in [3.63, 3.8) is 0 Å². The molecule has 1 N–H and O–H groups in total. The molecule has 0 radical (unpaired) electrons. The molecule has 1 amide bonds. The summed E-state index contributed by atoms with van der Waals surface area (Å²) in [5, 5.41) is 3.08. The van der Waals surface area contributed by atoms with Gasteiger partial charge in [-0.05, 0) is 42.0 Å². The number of nitrogens with one attached hydrogen (secondary N) is 1. The molecule has 1 aliphatic heterocycles. The van der Waals surface area contributed by atoms with E-state index in [4.69, 9.17) is 0 Å². The number of aryl methyl sites for hydroxylation is 1. The van der Waals surface area contributed by atoms with E-state index in [1.165, 1.54) is 0 Å². The number of rotatable bonds is 1. The fourth-order valence-corrected chi connectivity index (χ4v) is 4.26. The van der Waals surface area contributed by atoms with Crippen molar-refractivity contribution in [3.8, 4) is 11.1 Å². The topological polar surface area (TPSA) is 29.1 Å². The summed E-state index contributed by atoms with van der Waals surface area (Å²) in [6.07, 6.45) is 2.84. The van der Waals surface area contributed by atoms with Gasteiger partial charge in [0.25, 0.3) is 0 Å². The number of amides is 1. The van der Waals surface area contributed by atoms with Gasteiger partial charge in [-0.25, -0.2) is 13.2 Å². The zero-order valence-corrected chi connectivity index (χ0v) is 13.8. The Kier molecular flexibility index (Phi) is 3.63. The van der Waals surface area contributed by atoms with Gasteiger partial charge in [0.05, 0.1) is 0 Å². The highest BCUT2D eigenvalue weighted by molar-refractivity contribution is 5.78. The van der Waals surface area contributed by atoms with Gasteiger partial charge in [-0.1, -0.05) is 25.1 Å². The normalized spacial score (nSPS) is 25.1. The van der Waals surface area contributed by atoms with Gasteiger partial charge < -0.3 is 5.32 Å². The highest BCUT2D eigenvalue weighted by Crippen LogP contribution is 2.44. The third-order valence-electron chi connectivity index (χ3n) is 5.72. The van der Waals surface area contributed by atoms with Crippen LogP contribution < -0.4 is 5.32 Å². The van der Waals surface area contributed by atoms with Crippen LogP contribution in [0.5, 0.6) is 0 Å². The molecular formula is C20H18F3NO. The maximum absolute atomic E-state index is 14.1. The number of halogens is 3. The lowest BCUT2D eigenvalue weighted by atomic mass is 9.64. The highest BCUT2D eigenvalue weighted by Gasteiger charge is 2.43. The lowest BCUT2D eigenvalue weighted by Gasteiger charge is -2.46. The Labute approximate surface area is 144 Å². The first-order valence-electron chi connectivity index (χ1n) is 8.46. The molecule has 0 unspecified atom stereocenters. The van der Waals surface area contributed by atoms with Gasteiger partial charge in [-0.2, -0.15) is 0 Å². The molecule has 1 fully saturated rings. The van der Waals surface area contributed by atoms with Crippen LogP contribution in [0.25, 0.3) is 11.1 Å². The molecule has 0 saturated carbocycles. The summed E-state index contributed by atoms with van der Waals surface area (Å²) in [4.78, 5) is 11.7. The van der Waals surface area contributed by atoms with Gasteiger partial charge in [-0.15, -0.1) is 0 Å². The molecule has 1 saturated heterocycles. The number of hydrogen-bond donors (Lipinski definition) is 1. The van der Waals surface area contributed by atoms with E-state index in [1.807, 2.05) is 12.1 Å². The quantitative estimate of drug-likeness (QED) is 0.769. The summed E-state index contributed by atoms with van der Waals surface area (Å²) in [6, 6.07) is 7.14. The third-order valence-corrected chi connectivity index (χ3v) is 5.72. The summed E-state index contributed by atoms with van der Waals surface area (Å²) in [5.74, 6) is -2.93. The number of carbonyl (C=O) groups excluding carboxylic acids is 1. The number of fused-ring (bicyclic) bond motifs is 3. The zero-order valence-electron chi connectivity index (χ0n) is 13.8. The van der Waals surface area contributed by atoms with Crippen LogP contribution >= 0.6 is 0 Å². The molecule has 25 heavy (non-hydrogen) atoms. The minimum absolute atomic E-state index is 0.0610. The fraction of sp³-hybridized carbons (Fsp3) is 0.350. The second kappa shape index (κ2) is 5.61. The molecule has 2 aromatic rings. The van der Waals surface area contributed by atoms with Crippen molar-refractivity contribution in [2.24, 2.45) is 0 Å². The van der Waals surface area contributed by atoms with Crippen LogP contribution in [0.3, 0.4) is 0 Å². The summed E-state index contributed by atoms with van der Waals surface area (Å²) < 4.78 is 40.8. The largest absolute Gasteiger partial charge is 0.352 e. The number of piperidine rings is 1. The minimum Gasteiger partial charge on any atom is -0.352 e. The smallest absolute Gasteiger partial charge is 0.220 e. The van der Waals surface area contributed by atoms with Crippen molar-refractivity contribution in [3.05, 3.63) is 58.9 Å². The predicted octanol–water partition coefficient (Wildman–Crippen LogP) is 4.25. The second-order valence-electron chi connectivity index (χ2n) is 7.19. The molecule has 1 heterocycles. The molecule has 0 aromatic heterocycles. The van der Waals surface area contributed by atoms with Crippen molar-refractivity contribution >= 4 is 5.91 Å². The van der Waals surface area contributed by atoms with E-state index in [-0.39, 0.29) is 22.9 Å². The van der Waals surface area contributed by atoms with E-state index in [0.29, 0.717) is 18.1 Å². The molecule has 5 heteroatoms. The number of carbonyl (C=O) groups is 1. The summed E-state index contributed by atoms with van der Waals surface area (Å²) in [6.45, 7) is 2.15. The van der Waals surface area contributed by atoms with Crippen LogP contribution in [0.2, 0.25) is 0 Å². The minimum atomic E-state index is -1.19. The first-order chi connectivity index (χ1) is 11.9. The number of hydrogen-bond acceptors (Lipinski definition) is 1. The van der Waals surface area contributed by atoms with E-state index in [1.54, 1.807) is 6.07 Å².